The third-order valence-corrected chi connectivity index (χ3v) is 4.32. The van der Waals surface area contributed by atoms with E-state index < -0.39 is 11.3 Å². The molecule has 0 spiro atoms. The summed E-state index contributed by atoms with van der Waals surface area (Å²) in [6.45, 7) is 7.30. The number of amides is 1. The Morgan fingerprint density at radius 3 is 2.72 bits per heavy atom. The van der Waals surface area contributed by atoms with Crippen molar-refractivity contribution in [3.63, 3.8) is 0 Å². The summed E-state index contributed by atoms with van der Waals surface area (Å²) >= 11 is 5.93. The zero-order chi connectivity index (χ0) is 18.6. The molecule has 0 aliphatic carbocycles. The summed E-state index contributed by atoms with van der Waals surface area (Å²) in [5.74, 6) is -0.0533. The van der Waals surface area contributed by atoms with Crippen LogP contribution in [0.2, 0.25) is 5.02 Å². The van der Waals surface area contributed by atoms with E-state index in [2.05, 4.69) is 0 Å². The van der Waals surface area contributed by atoms with Crippen molar-refractivity contribution in [3.8, 4) is 5.75 Å². The minimum absolute atomic E-state index is 0.231. The minimum Gasteiger partial charge on any atom is -0.493 e. The summed E-state index contributed by atoms with van der Waals surface area (Å²) in [6, 6.07) is 4.84. The molecule has 1 aliphatic heterocycles. The average Bonchev–Trinajstić information content (AvgIpc) is 2.53. The number of hydrogen-bond acceptors (Lipinski definition) is 5. The first-order chi connectivity index (χ1) is 11.7. The Morgan fingerprint density at radius 2 is 2.08 bits per heavy atom. The van der Waals surface area contributed by atoms with E-state index in [4.69, 9.17) is 26.9 Å². The molecule has 2 rings (SSSR count). The highest BCUT2D eigenvalue weighted by Gasteiger charge is 2.29. The third kappa shape index (κ3) is 5.61. The zero-order valence-corrected chi connectivity index (χ0v) is 15.6. The van der Waals surface area contributed by atoms with Gasteiger partial charge in [-0.1, -0.05) is 11.6 Å². The van der Waals surface area contributed by atoms with Crippen LogP contribution < -0.4 is 10.5 Å². The third-order valence-electron chi connectivity index (χ3n) is 4.00. The van der Waals surface area contributed by atoms with Gasteiger partial charge in [-0.3, -0.25) is 4.79 Å². The smallest absolute Gasteiger partial charge is 0.330 e. The second kappa shape index (κ2) is 8.06. The Kier molecular flexibility index (Phi) is 6.30. The highest BCUT2D eigenvalue weighted by molar-refractivity contribution is 6.33. The van der Waals surface area contributed by atoms with E-state index in [1.54, 1.807) is 23.3 Å². The zero-order valence-electron chi connectivity index (χ0n) is 14.9. The van der Waals surface area contributed by atoms with E-state index in [9.17, 15) is 9.59 Å². The van der Waals surface area contributed by atoms with Crippen molar-refractivity contribution < 1.29 is 19.2 Å². The molecule has 0 aromatic heterocycles. The second-order valence-corrected chi connectivity index (χ2v) is 7.75. The van der Waals surface area contributed by atoms with Crippen molar-refractivity contribution in [2.45, 2.75) is 33.6 Å². The van der Waals surface area contributed by atoms with Crippen LogP contribution in [0, 0.1) is 11.3 Å². The fourth-order valence-electron chi connectivity index (χ4n) is 2.50. The largest absolute Gasteiger partial charge is 0.493 e. The van der Waals surface area contributed by atoms with E-state index in [0.29, 0.717) is 23.9 Å². The molecule has 0 saturated carbocycles. The Hall–Kier alpha value is -1.79. The SMILES string of the molecule is CC(C)(C)C(=O)ON1CCC[C@H](COc2ccc(Cl)c(C(N)=O)c2)C1. The number of carbonyl (C=O) groups excluding carboxylic acids is 2. The predicted molar refractivity (Wildman–Crippen MR) is 95.3 cm³/mol. The lowest BCUT2D eigenvalue weighted by Crippen LogP contribution is -2.41. The molecular formula is C18H25ClN2O4. The van der Waals surface area contributed by atoms with Crippen LogP contribution >= 0.6 is 11.6 Å². The molecule has 0 bridgehead atoms. The van der Waals surface area contributed by atoms with Crippen molar-refractivity contribution in [2.24, 2.45) is 17.1 Å². The highest BCUT2D eigenvalue weighted by atomic mass is 35.5. The quantitative estimate of drug-likeness (QED) is 0.863. The van der Waals surface area contributed by atoms with Gasteiger partial charge in [-0.05, 0) is 51.8 Å². The second-order valence-electron chi connectivity index (χ2n) is 7.34. The first-order valence-corrected chi connectivity index (χ1v) is 8.74. The number of carbonyl (C=O) groups is 2. The van der Waals surface area contributed by atoms with Crippen LogP contribution in [0.25, 0.3) is 0 Å². The normalized spacial score (nSPS) is 18.6. The van der Waals surface area contributed by atoms with Gasteiger partial charge in [0.25, 0.3) is 0 Å². The summed E-state index contributed by atoms with van der Waals surface area (Å²) < 4.78 is 5.78. The molecule has 6 nitrogen and oxygen atoms in total. The topological polar surface area (TPSA) is 81.9 Å². The molecule has 1 atom stereocenters. The van der Waals surface area contributed by atoms with Crippen LogP contribution in [0.3, 0.4) is 0 Å². The van der Waals surface area contributed by atoms with Gasteiger partial charge in [-0.25, -0.2) is 4.79 Å². The van der Waals surface area contributed by atoms with E-state index >= 15 is 0 Å². The minimum atomic E-state index is -0.589. The molecule has 1 fully saturated rings. The average molecular weight is 369 g/mol. The van der Waals surface area contributed by atoms with Crippen LogP contribution in [-0.4, -0.2) is 36.6 Å². The van der Waals surface area contributed by atoms with Crippen LogP contribution in [0.4, 0.5) is 0 Å². The first-order valence-electron chi connectivity index (χ1n) is 8.36. The molecule has 2 N–H and O–H groups in total. The molecule has 7 heteroatoms. The fourth-order valence-corrected chi connectivity index (χ4v) is 2.71. The van der Waals surface area contributed by atoms with Crippen LogP contribution in [0.1, 0.15) is 44.0 Å². The molecule has 1 heterocycles. The fraction of sp³-hybridized carbons (Fsp3) is 0.556. The summed E-state index contributed by atoms with van der Waals surface area (Å²) in [7, 11) is 0. The maximum absolute atomic E-state index is 12.0. The van der Waals surface area contributed by atoms with Gasteiger partial charge < -0.3 is 15.3 Å². The molecule has 25 heavy (non-hydrogen) atoms. The maximum Gasteiger partial charge on any atom is 0.330 e. The summed E-state index contributed by atoms with van der Waals surface area (Å²) in [6.07, 6.45) is 1.92. The maximum atomic E-state index is 12.0. The number of nitrogens with zero attached hydrogens (tertiary/aromatic N) is 1. The Morgan fingerprint density at radius 1 is 1.36 bits per heavy atom. The van der Waals surface area contributed by atoms with Crippen LogP contribution in [0.15, 0.2) is 18.2 Å². The van der Waals surface area contributed by atoms with E-state index in [1.807, 2.05) is 20.8 Å². The number of rotatable bonds is 5. The number of halogens is 1. The summed E-state index contributed by atoms with van der Waals surface area (Å²) in [5.41, 5.74) is 5.00. The number of nitrogens with two attached hydrogens (primary N) is 1. The van der Waals surface area contributed by atoms with Crippen LogP contribution in [0.5, 0.6) is 5.75 Å². The predicted octanol–water partition coefficient (Wildman–Crippen LogP) is 3.03. The molecular weight excluding hydrogens is 344 g/mol. The lowest BCUT2D eigenvalue weighted by molar-refractivity contribution is -0.208. The van der Waals surface area contributed by atoms with Crippen molar-refractivity contribution in [1.82, 2.24) is 5.06 Å². The Labute approximate surface area is 153 Å². The lowest BCUT2D eigenvalue weighted by atomic mass is 9.97. The molecule has 138 valence electrons. The number of benzene rings is 1. The Balaban J connectivity index is 1.90. The van der Waals surface area contributed by atoms with Gasteiger partial charge in [0.2, 0.25) is 5.91 Å². The monoisotopic (exact) mass is 368 g/mol. The van der Waals surface area contributed by atoms with Gasteiger partial charge in [-0.2, -0.15) is 0 Å². The number of hydroxylamine groups is 2. The Bertz CT molecular complexity index is 642. The molecule has 1 amide bonds. The van der Waals surface area contributed by atoms with Crippen molar-refractivity contribution in [1.29, 1.82) is 0 Å². The number of ether oxygens (including phenoxy) is 1. The van der Waals surface area contributed by atoms with Gasteiger partial charge in [0, 0.05) is 19.0 Å². The van der Waals surface area contributed by atoms with Crippen molar-refractivity contribution in [2.75, 3.05) is 19.7 Å². The van der Waals surface area contributed by atoms with Gasteiger partial charge >= 0.3 is 5.97 Å². The van der Waals surface area contributed by atoms with E-state index in [1.165, 1.54) is 0 Å². The van der Waals surface area contributed by atoms with E-state index in [-0.39, 0.29) is 17.5 Å². The molecule has 1 aromatic rings. The number of piperidine rings is 1. The highest BCUT2D eigenvalue weighted by Crippen LogP contribution is 2.24. The van der Waals surface area contributed by atoms with Crippen molar-refractivity contribution >= 4 is 23.5 Å². The van der Waals surface area contributed by atoms with Gasteiger partial charge in [0.1, 0.15) is 5.75 Å². The van der Waals surface area contributed by atoms with Gasteiger partial charge in [0.15, 0.2) is 0 Å². The number of primary amides is 1. The molecule has 1 aromatic carbocycles. The van der Waals surface area contributed by atoms with Gasteiger partial charge in [-0.15, -0.1) is 5.06 Å². The summed E-state index contributed by atoms with van der Waals surface area (Å²) in [4.78, 5) is 28.8. The lowest BCUT2D eigenvalue weighted by Gasteiger charge is -2.32. The molecule has 1 aliphatic rings. The molecule has 0 unspecified atom stereocenters. The van der Waals surface area contributed by atoms with Gasteiger partial charge in [0.05, 0.1) is 22.6 Å². The standard InChI is InChI=1S/C18H25ClN2O4/c1-18(2,3)17(23)25-21-8-4-5-12(10-21)11-24-13-6-7-15(19)14(9-13)16(20)22/h6-7,9,12H,4-5,8,10-11H2,1-3H3,(H2,20,22)/t12-/m0/s1. The van der Waals surface area contributed by atoms with Crippen molar-refractivity contribution in [3.05, 3.63) is 28.8 Å². The van der Waals surface area contributed by atoms with Crippen LogP contribution in [-0.2, 0) is 9.63 Å². The molecule has 1 saturated heterocycles. The summed E-state index contributed by atoms with van der Waals surface area (Å²) in [5, 5.41) is 2.01. The first kappa shape index (κ1) is 19.5. The molecule has 0 radical (unpaired) electrons. The van der Waals surface area contributed by atoms with E-state index in [0.717, 1.165) is 19.4 Å². The number of hydrogen-bond donors (Lipinski definition) is 1.